The Morgan fingerprint density at radius 1 is 1.33 bits per heavy atom. The molecule has 1 N–H and O–H groups in total. The van der Waals surface area contributed by atoms with Crippen LogP contribution in [0.4, 0.5) is 0 Å². The molecule has 2 rings (SSSR count). The van der Waals surface area contributed by atoms with Crippen LogP contribution in [0.25, 0.3) is 0 Å². The Morgan fingerprint density at radius 3 is 2.78 bits per heavy atom. The summed E-state index contributed by atoms with van der Waals surface area (Å²) in [5.74, 6) is 0.260. The van der Waals surface area contributed by atoms with Crippen LogP contribution in [0, 0.1) is 6.92 Å². The predicted octanol–water partition coefficient (Wildman–Crippen LogP) is 2.10. The third kappa shape index (κ3) is 3.57. The van der Waals surface area contributed by atoms with Crippen molar-refractivity contribution in [3.8, 4) is 0 Å². The first-order valence-electron chi connectivity index (χ1n) is 6.72. The molecule has 1 unspecified atom stereocenters. The van der Waals surface area contributed by atoms with Gasteiger partial charge in [-0.05, 0) is 32.4 Å². The minimum Gasteiger partial charge on any atom is -0.338 e. The molecule has 1 amide bonds. The lowest BCUT2D eigenvalue weighted by molar-refractivity contribution is -0.132. The highest BCUT2D eigenvalue weighted by atomic mass is 16.2. The number of nitrogens with zero attached hydrogens (tertiary/aromatic N) is 1. The smallest absolute Gasteiger partial charge is 0.224 e. The molecule has 1 atom stereocenters. The standard InChI is InChI=1S/C15H22N2O/c1-12-4-6-14(7-5-12)11-17-9-3-8-16-13(2)10-15(17)18/h4-7,13,16H,3,8-11H2,1-2H3. The Morgan fingerprint density at radius 2 is 2.06 bits per heavy atom. The minimum absolute atomic E-state index is 0.260. The number of hydrogen-bond acceptors (Lipinski definition) is 2. The Hall–Kier alpha value is -1.35. The van der Waals surface area contributed by atoms with Crippen molar-refractivity contribution in [1.82, 2.24) is 10.2 Å². The summed E-state index contributed by atoms with van der Waals surface area (Å²) >= 11 is 0. The van der Waals surface area contributed by atoms with Gasteiger partial charge in [0.2, 0.25) is 5.91 Å². The van der Waals surface area contributed by atoms with Crippen molar-refractivity contribution in [2.24, 2.45) is 0 Å². The summed E-state index contributed by atoms with van der Waals surface area (Å²) in [6.07, 6.45) is 1.63. The maximum absolute atomic E-state index is 12.1. The van der Waals surface area contributed by atoms with Gasteiger partial charge in [-0.15, -0.1) is 0 Å². The second-order valence-electron chi connectivity index (χ2n) is 5.21. The molecular weight excluding hydrogens is 224 g/mol. The predicted molar refractivity (Wildman–Crippen MR) is 73.3 cm³/mol. The van der Waals surface area contributed by atoms with Gasteiger partial charge in [-0.3, -0.25) is 4.79 Å². The van der Waals surface area contributed by atoms with E-state index in [9.17, 15) is 4.79 Å². The van der Waals surface area contributed by atoms with Crippen molar-refractivity contribution in [3.63, 3.8) is 0 Å². The van der Waals surface area contributed by atoms with Gasteiger partial charge in [-0.1, -0.05) is 29.8 Å². The molecule has 0 radical (unpaired) electrons. The minimum atomic E-state index is 0.260. The molecule has 0 saturated carbocycles. The molecule has 0 spiro atoms. The largest absolute Gasteiger partial charge is 0.338 e. The molecule has 1 aliphatic rings. The van der Waals surface area contributed by atoms with Crippen LogP contribution in [-0.2, 0) is 11.3 Å². The fourth-order valence-electron chi connectivity index (χ4n) is 2.29. The van der Waals surface area contributed by atoms with E-state index in [1.54, 1.807) is 0 Å². The van der Waals surface area contributed by atoms with E-state index >= 15 is 0 Å². The first kappa shape index (κ1) is 13.1. The van der Waals surface area contributed by atoms with E-state index in [-0.39, 0.29) is 5.91 Å². The maximum atomic E-state index is 12.1. The van der Waals surface area contributed by atoms with Crippen molar-refractivity contribution >= 4 is 5.91 Å². The molecule has 1 heterocycles. The summed E-state index contributed by atoms with van der Waals surface area (Å²) < 4.78 is 0. The van der Waals surface area contributed by atoms with Gasteiger partial charge in [0.1, 0.15) is 0 Å². The molecule has 0 bridgehead atoms. The van der Waals surface area contributed by atoms with Crippen molar-refractivity contribution in [1.29, 1.82) is 0 Å². The summed E-state index contributed by atoms with van der Waals surface area (Å²) in [6.45, 7) is 6.75. The van der Waals surface area contributed by atoms with Gasteiger partial charge in [0.05, 0.1) is 0 Å². The van der Waals surface area contributed by atoms with Gasteiger partial charge >= 0.3 is 0 Å². The van der Waals surface area contributed by atoms with E-state index in [0.717, 1.165) is 26.1 Å². The molecule has 1 aromatic rings. The molecule has 1 aliphatic heterocycles. The van der Waals surface area contributed by atoms with Crippen LogP contribution in [0.15, 0.2) is 24.3 Å². The third-order valence-corrected chi connectivity index (χ3v) is 3.43. The average molecular weight is 246 g/mol. The van der Waals surface area contributed by atoms with E-state index < -0.39 is 0 Å². The lowest BCUT2D eigenvalue weighted by atomic mass is 10.1. The van der Waals surface area contributed by atoms with Crippen molar-refractivity contribution in [3.05, 3.63) is 35.4 Å². The molecule has 0 aromatic heterocycles. The van der Waals surface area contributed by atoms with Crippen LogP contribution in [0.1, 0.15) is 30.9 Å². The number of hydrogen-bond donors (Lipinski definition) is 1. The van der Waals surface area contributed by atoms with Crippen molar-refractivity contribution in [2.75, 3.05) is 13.1 Å². The number of aryl methyl sites for hydroxylation is 1. The molecule has 1 fully saturated rings. The van der Waals surface area contributed by atoms with Gasteiger partial charge in [-0.25, -0.2) is 0 Å². The molecule has 1 saturated heterocycles. The summed E-state index contributed by atoms with van der Waals surface area (Å²) in [5.41, 5.74) is 2.48. The fraction of sp³-hybridized carbons (Fsp3) is 0.533. The zero-order valence-electron chi connectivity index (χ0n) is 11.3. The lowest BCUT2D eigenvalue weighted by Crippen LogP contribution is -2.41. The van der Waals surface area contributed by atoms with E-state index in [0.29, 0.717) is 12.5 Å². The number of carbonyl (C=O) groups is 1. The zero-order chi connectivity index (χ0) is 13.0. The Balaban J connectivity index is 2.01. The Bertz CT molecular complexity index is 399. The highest BCUT2D eigenvalue weighted by Gasteiger charge is 2.18. The van der Waals surface area contributed by atoms with E-state index in [1.165, 1.54) is 11.1 Å². The molecular formula is C15H22N2O. The number of nitrogens with one attached hydrogen (secondary N) is 1. The molecule has 98 valence electrons. The van der Waals surface area contributed by atoms with Crippen LogP contribution >= 0.6 is 0 Å². The molecule has 18 heavy (non-hydrogen) atoms. The number of benzene rings is 1. The summed E-state index contributed by atoms with van der Waals surface area (Å²) in [6, 6.07) is 8.73. The summed E-state index contributed by atoms with van der Waals surface area (Å²) in [4.78, 5) is 14.1. The van der Waals surface area contributed by atoms with Crippen LogP contribution in [0.3, 0.4) is 0 Å². The summed E-state index contributed by atoms with van der Waals surface area (Å²) in [5, 5.41) is 3.36. The number of carbonyl (C=O) groups excluding carboxylic acids is 1. The summed E-state index contributed by atoms with van der Waals surface area (Å²) in [7, 11) is 0. The highest BCUT2D eigenvalue weighted by Crippen LogP contribution is 2.11. The van der Waals surface area contributed by atoms with Crippen LogP contribution in [0.2, 0.25) is 0 Å². The Kier molecular flexibility index (Phi) is 4.37. The SMILES string of the molecule is Cc1ccc(CN2CCCNC(C)CC2=O)cc1. The van der Waals surface area contributed by atoms with Gasteiger partial charge in [-0.2, -0.15) is 0 Å². The molecule has 0 aliphatic carbocycles. The zero-order valence-corrected chi connectivity index (χ0v) is 11.3. The van der Waals surface area contributed by atoms with E-state index in [2.05, 4.69) is 43.4 Å². The third-order valence-electron chi connectivity index (χ3n) is 3.43. The van der Waals surface area contributed by atoms with Crippen molar-refractivity contribution < 1.29 is 4.79 Å². The van der Waals surface area contributed by atoms with E-state index in [4.69, 9.17) is 0 Å². The van der Waals surface area contributed by atoms with Gasteiger partial charge in [0.25, 0.3) is 0 Å². The maximum Gasteiger partial charge on any atom is 0.224 e. The monoisotopic (exact) mass is 246 g/mol. The Labute approximate surface area is 109 Å². The van der Waals surface area contributed by atoms with Crippen LogP contribution < -0.4 is 5.32 Å². The van der Waals surface area contributed by atoms with Crippen LogP contribution in [-0.4, -0.2) is 29.9 Å². The normalized spacial score (nSPS) is 21.6. The van der Waals surface area contributed by atoms with Crippen molar-refractivity contribution in [2.45, 2.75) is 39.3 Å². The van der Waals surface area contributed by atoms with Gasteiger partial charge in [0, 0.05) is 25.6 Å². The highest BCUT2D eigenvalue weighted by molar-refractivity contribution is 5.76. The molecule has 3 heteroatoms. The lowest BCUT2D eigenvalue weighted by Gasteiger charge is -2.27. The van der Waals surface area contributed by atoms with Crippen LogP contribution in [0.5, 0.6) is 0 Å². The van der Waals surface area contributed by atoms with Gasteiger partial charge < -0.3 is 10.2 Å². The van der Waals surface area contributed by atoms with Gasteiger partial charge in [0.15, 0.2) is 0 Å². The average Bonchev–Trinajstić information content (AvgIpc) is 2.33. The quantitative estimate of drug-likeness (QED) is 0.866. The molecule has 1 aromatic carbocycles. The topological polar surface area (TPSA) is 32.3 Å². The second-order valence-corrected chi connectivity index (χ2v) is 5.21. The fourth-order valence-corrected chi connectivity index (χ4v) is 2.29. The first-order valence-corrected chi connectivity index (χ1v) is 6.72. The van der Waals surface area contributed by atoms with E-state index in [1.807, 2.05) is 4.90 Å². The molecule has 3 nitrogen and oxygen atoms in total. The second kappa shape index (κ2) is 6.01. The first-order chi connectivity index (χ1) is 8.65. The number of amides is 1. The number of rotatable bonds is 2.